The number of aromatic amines is 1. The van der Waals surface area contributed by atoms with Crippen molar-refractivity contribution in [2.45, 2.75) is 38.3 Å². The van der Waals surface area contributed by atoms with Crippen molar-refractivity contribution in [1.82, 2.24) is 30.0 Å². The van der Waals surface area contributed by atoms with E-state index in [0.29, 0.717) is 76.8 Å². The van der Waals surface area contributed by atoms with Gasteiger partial charge in [0.2, 0.25) is 0 Å². The second kappa shape index (κ2) is 11.9. The summed E-state index contributed by atoms with van der Waals surface area (Å²) in [6, 6.07) is 1.99. The first-order valence-corrected chi connectivity index (χ1v) is 15.3. The zero-order chi connectivity index (χ0) is 30.4. The fourth-order valence-electron chi connectivity index (χ4n) is 6.39. The van der Waals surface area contributed by atoms with E-state index in [1.807, 2.05) is 4.90 Å². The van der Waals surface area contributed by atoms with Gasteiger partial charge in [0.15, 0.2) is 5.82 Å². The van der Waals surface area contributed by atoms with Crippen LogP contribution in [-0.2, 0) is 20.6 Å². The molecule has 1 N–H and O–H groups in total. The molecule has 0 saturated carbocycles. The van der Waals surface area contributed by atoms with Gasteiger partial charge in [0.1, 0.15) is 29.7 Å². The van der Waals surface area contributed by atoms with Crippen LogP contribution in [0.5, 0.6) is 6.01 Å². The van der Waals surface area contributed by atoms with Crippen LogP contribution in [0.15, 0.2) is 18.5 Å². The van der Waals surface area contributed by atoms with Crippen LogP contribution in [0.1, 0.15) is 25.3 Å². The Balaban J connectivity index is 1.41. The van der Waals surface area contributed by atoms with Gasteiger partial charge < -0.3 is 23.8 Å². The number of nitrogens with zero attached hydrogens (tertiary/aromatic N) is 6. The minimum atomic E-state index is -0.785. The highest BCUT2D eigenvalue weighted by atomic mass is 35.5. The number of hydrogen-bond donors (Lipinski definition) is 1. The Morgan fingerprint density at radius 2 is 2.09 bits per heavy atom. The number of rotatable bonds is 3. The van der Waals surface area contributed by atoms with Crippen molar-refractivity contribution in [2.75, 3.05) is 58.0 Å². The Bertz CT molecular complexity index is 1710. The summed E-state index contributed by atoms with van der Waals surface area (Å²) in [5.74, 6) is 0.228. The van der Waals surface area contributed by atoms with Crippen LogP contribution >= 0.6 is 11.6 Å². The number of likely N-dealkylation sites (tertiary alicyclic amines) is 1. The summed E-state index contributed by atoms with van der Waals surface area (Å²) in [4.78, 5) is 30.8. The number of pyridine rings is 1. The Kier molecular flexibility index (Phi) is 7.85. The molecule has 4 aromatic rings. The monoisotopic (exact) mass is 625 g/mol. The number of carbonyl (C=O) groups excluding carboxylic acids is 1. The van der Waals surface area contributed by atoms with E-state index >= 15 is 4.39 Å². The molecule has 0 unspecified atom stereocenters. The number of nitrogens with one attached hydrogen (secondary N) is 1. The molecule has 0 aliphatic carbocycles. The van der Waals surface area contributed by atoms with E-state index < -0.39 is 18.1 Å². The minimum Gasteiger partial charge on any atom is -0.462 e. The quantitative estimate of drug-likeness (QED) is 0.326. The van der Waals surface area contributed by atoms with Crippen molar-refractivity contribution in [3.05, 3.63) is 34.9 Å². The van der Waals surface area contributed by atoms with Gasteiger partial charge in [0, 0.05) is 34.8 Å². The number of carbonyl (C=O) groups is 1. The molecule has 3 atom stereocenters. The van der Waals surface area contributed by atoms with Gasteiger partial charge in [-0.15, -0.1) is 0 Å². The molecule has 44 heavy (non-hydrogen) atoms. The molecule has 4 aliphatic heterocycles. The van der Waals surface area contributed by atoms with Gasteiger partial charge >= 0.3 is 12.2 Å². The molecule has 7 heterocycles. The van der Waals surface area contributed by atoms with Crippen LogP contribution in [0.3, 0.4) is 0 Å². The summed E-state index contributed by atoms with van der Waals surface area (Å²) in [6.07, 6.45) is 3.66. The highest BCUT2D eigenvalue weighted by Gasteiger charge is 2.31. The number of anilines is 1. The Morgan fingerprint density at radius 3 is 2.93 bits per heavy atom. The normalized spacial score (nSPS) is 23.1. The molecule has 0 amide bonds. The fraction of sp³-hybridized carbons (Fsp3) is 0.500. The molecule has 8 rings (SSSR count). The second-order valence-electron chi connectivity index (χ2n) is 11.6. The summed E-state index contributed by atoms with van der Waals surface area (Å²) in [5, 5.41) is 8.56. The molecule has 2 saturated heterocycles. The molecule has 0 spiro atoms. The van der Waals surface area contributed by atoms with Crippen LogP contribution in [0.25, 0.3) is 33.1 Å². The standard InChI is InChI=1S/C30H33ClFN7O5/c1-16-5-6-38(2)23(16)15-43-29-35-26-20-11-33-27(25(26)32)24-18(21(31)10-22-19(24)12-34-37-22)4-3-8-42-30(40)44-17-13-39(28(20)36-29)7-9-41-14-17/h10-12,16-17,23H,3-9,13-15H2,1-2H3,(H,34,37)/t16-,17+,23-/m1/s1. The maximum atomic E-state index is 16.9. The van der Waals surface area contributed by atoms with Gasteiger partial charge in [-0.1, -0.05) is 18.5 Å². The minimum absolute atomic E-state index is 0.0546. The summed E-state index contributed by atoms with van der Waals surface area (Å²) in [6.45, 7) is 4.81. The first-order valence-electron chi connectivity index (χ1n) is 14.9. The lowest BCUT2D eigenvalue weighted by molar-refractivity contribution is -0.00448. The fourth-order valence-corrected chi connectivity index (χ4v) is 6.68. The molecule has 1 aromatic carbocycles. The number of ether oxygens (including phenoxy) is 4. The lowest BCUT2D eigenvalue weighted by Gasteiger charge is -2.26. The van der Waals surface area contributed by atoms with E-state index in [9.17, 15) is 4.79 Å². The Morgan fingerprint density at radius 1 is 1.20 bits per heavy atom. The summed E-state index contributed by atoms with van der Waals surface area (Å²) in [7, 11) is 2.07. The molecular formula is C30H33ClFN7O5. The highest BCUT2D eigenvalue weighted by molar-refractivity contribution is 6.33. The molecule has 2 fully saturated rings. The maximum Gasteiger partial charge on any atom is 0.508 e. The first-order chi connectivity index (χ1) is 21.4. The van der Waals surface area contributed by atoms with Crippen LogP contribution in [0, 0.1) is 11.7 Å². The van der Waals surface area contributed by atoms with E-state index in [1.165, 1.54) is 0 Å². The van der Waals surface area contributed by atoms with Crippen LogP contribution in [-0.4, -0.2) is 101 Å². The van der Waals surface area contributed by atoms with Crippen molar-refractivity contribution >= 4 is 45.4 Å². The first kappa shape index (κ1) is 28.9. The highest BCUT2D eigenvalue weighted by Crippen LogP contribution is 2.40. The second-order valence-corrected chi connectivity index (χ2v) is 12.1. The number of fused-ring (bicyclic) bond motifs is 7. The molecular weight excluding hydrogens is 593 g/mol. The Labute approximate surface area is 257 Å². The largest absolute Gasteiger partial charge is 0.508 e. The van der Waals surface area contributed by atoms with Crippen molar-refractivity contribution in [3.8, 4) is 17.3 Å². The summed E-state index contributed by atoms with van der Waals surface area (Å²) < 4.78 is 39.8. The maximum absolute atomic E-state index is 16.9. The molecule has 0 radical (unpaired) electrons. The third-order valence-corrected chi connectivity index (χ3v) is 9.15. The average Bonchev–Trinajstić information content (AvgIpc) is 3.51. The lowest BCUT2D eigenvalue weighted by atomic mass is 9.95. The van der Waals surface area contributed by atoms with Crippen molar-refractivity contribution in [1.29, 1.82) is 0 Å². The summed E-state index contributed by atoms with van der Waals surface area (Å²) >= 11 is 6.75. The van der Waals surface area contributed by atoms with E-state index in [1.54, 1.807) is 18.5 Å². The predicted molar refractivity (Wildman–Crippen MR) is 161 cm³/mol. The van der Waals surface area contributed by atoms with Crippen molar-refractivity contribution in [3.63, 3.8) is 0 Å². The van der Waals surface area contributed by atoms with Crippen LogP contribution in [0.4, 0.5) is 15.0 Å². The number of halogens is 2. The van der Waals surface area contributed by atoms with E-state index in [4.69, 9.17) is 35.5 Å². The third-order valence-electron chi connectivity index (χ3n) is 8.81. The predicted octanol–water partition coefficient (Wildman–Crippen LogP) is 4.38. The zero-order valence-corrected chi connectivity index (χ0v) is 25.3. The summed E-state index contributed by atoms with van der Waals surface area (Å²) in [5.41, 5.74) is 1.96. The number of H-pyrrole nitrogens is 1. The van der Waals surface area contributed by atoms with Gasteiger partial charge in [-0.05, 0) is 50.4 Å². The van der Waals surface area contributed by atoms with E-state index in [0.717, 1.165) is 13.0 Å². The van der Waals surface area contributed by atoms with Gasteiger partial charge in [-0.25, -0.2) is 9.18 Å². The van der Waals surface area contributed by atoms with Gasteiger partial charge in [-0.3, -0.25) is 15.0 Å². The molecule has 4 aliphatic rings. The Hall–Kier alpha value is -3.81. The topological polar surface area (TPSA) is 128 Å². The van der Waals surface area contributed by atoms with Crippen molar-refractivity contribution in [2.24, 2.45) is 5.92 Å². The smallest absolute Gasteiger partial charge is 0.462 e. The SMILES string of the molecule is C[C@@H]1CCN(C)[C@@H]1COc1nc2c3cnc(c(F)c3n1)-c1c(c(Cl)cc3[nH]ncc13)CCCOC(=O)O[C@@H]1COCCN2C1. The molecule has 12 nitrogen and oxygen atoms in total. The van der Waals surface area contributed by atoms with Crippen LogP contribution < -0.4 is 9.64 Å². The van der Waals surface area contributed by atoms with Gasteiger partial charge in [0.05, 0.1) is 43.5 Å². The zero-order valence-electron chi connectivity index (χ0n) is 24.5. The van der Waals surface area contributed by atoms with Crippen LogP contribution in [0.2, 0.25) is 5.02 Å². The van der Waals surface area contributed by atoms with Gasteiger partial charge in [0.25, 0.3) is 0 Å². The average molecular weight is 626 g/mol. The van der Waals surface area contributed by atoms with E-state index in [2.05, 4.69) is 39.0 Å². The third kappa shape index (κ3) is 5.37. The van der Waals surface area contributed by atoms with Gasteiger partial charge in [-0.2, -0.15) is 15.1 Å². The van der Waals surface area contributed by atoms with Crippen molar-refractivity contribution < 1.29 is 28.1 Å². The molecule has 14 heteroatoms. The molecule has 6 bridgehead atoms. The molecule has 232 valence electrons. The number of hydrogen-bond acceptors (Lipinski definition) is 11. The number of benzene rings is 1. The lowest BCUT2D eigenvalue weighted by Crippen LogP contribution is -2.37. The van der Waals surface area contributed by atoms with E-state index in [-0.39, 0.29) is 43.0 Å². The number of aromatic nitrogens is 5. The molecule has 3 aromatic heterocycles. The number of likely N-dealkylation sites (N-methyl/N-ethyl adjacent to an activating group) is 1.